The van der Waals surface area contributed by atoms with Crippen molar-refractivity contribution in [1.82, 2.24) is 20.1 Å². The van der Waals surface area contributed by atoms with Crippen molar-refractivity contribution in [3.05, 3.63) is 66.7 Å². The molecular formula is C20H20N4O2. The number of carbonyl (C=O) groups is 1. The van der Waals surface area contributed by atoms with Crippen LogP contribution >= 0.6 is 0 Å². The van der Waals surface area contributed by atoms with Crippen molar-refractivity contribution in [2.75, 3.05) is 19.7 Å². The number of hydrogen-bond acceptors (Lipinski definition) is 4. The number of nitrogens with zero attached hydrogens (tertiary/aromatic N) is 3. The lowest BCUT2D eigenvalue weighted by Gasteiger charge is -2.16. The number of nitrogens with one attached hydrogen (secondary N) is 1. The van der Waals surface area contributed by atoms with Crippen LogP contribution in [0, 0.1) is 0 Å². The van der Waals surface area contributed by atoms with Gasteiger partial charge in [0.1, 0.15) is 17.9 Å². The van der Waals surface area contributed by atoms with Crippen LogP contribution in [0.25, 0.3) is 11.1 Å². The third kappa shape index (κ3) is 3.59. The number of H-pyrrole nitrogens is 1. The fraction of sp³-hybridized carbons (Fsp3) is 0.250. The summed E-state index contributed by atoms with van der Waals surface area (Å²) in [6.45, 7) is 1.43. The predicted molar refractivity (Wildman–Crippen MR) is 97.7 cm³/mol. The van der Waals surface area contributed by atoms with E-state index in [1.54, 1.807) is 0 Å². The molecule has 0 radical (unpaired) electrons. The van der Waals surface area contributed by atoms with Crippen LogP contribution in [0.15, 0.2) is 60.9 Å². The largest absolute Gasteiger partial charge is 0.484 e. The minimum absolute atomic E-state index is 0.000786. The summed E-state index contributed by atoms with van der Waals surface area (Å²) in [7, 11) is 0. The molecule has 26 heavy (non-hydrogen) atoms. The van der Waals surface area contributed by atoms with Gasteiger partial charge in [0.05, 0.1) is 0 Å². The van der Waals surface area contributed by atoms with Crippen molar-refractivity contribution >= 4 is 5.91 Å². The van der Waals surface area contributed by atoms with Crippen molar-refractivity contribution in [2.24, 2.45) is 0 Å². The summed E-state index contributed by atoms with van der Waals surface area (Å²) in [5.41, 5.74) is 2.28. The van der Waals surface area contributed by atoms with E-state index in [9.17, 15) is 4.79 Å². The Morgan fingerprint density at radius 1 is 1.12 bits per heavy atom. The second kappa shape index (κ2) is 7.39. The number of carbonyl (C=O) groups excluding carboxylic acids is 1. The summed E-state index contributed by atoms with van der Waals surface area (Å²) in [6.07, 6.45) is 2.40. The molecule has 1 aromatic heterocycles. The molecule has 1 saturated heterocycles. The Bertz CT molecular complexity index is 847. The molecular weight excluding hydrogens is 328 g/mol. The molecule has 1 atom stereocenters. The Kier molecular flexibility index (Phi) is 4.64. The Labute approximate surface area is 151 Å². The van der Waals surface area contributed by atoms with Crippen LogP contribution < -0.4 is 4.74 Å². The first-order chi connectivity index (χ1) is 12.8. The smallest absolute Gasteiger partial charge is 0.260 e. The minimum atomic E-state index is -0.000786. The van der Waals surface area contributed by atoms with Crippen LogP contribution in [0.1, 0.15) is 18.2 Å². The molecule has 132 valence electrons. The normalized spacial score (nSPS) is 16.6. The van der Waals surface area contributed by atoms with Crippen molar-refractivity contribution in [3.8, 4) is 16.9 Å². The first kappa shape index (κ1) is 16.3. The van der Waals surface area contributed by atoms with Gasteiger partial charge in [-0.1, -0.05) is 42.5 Å². The molecule has 1 aliphatic rings. The summed E-state index contributed by atoms with van der Waals surface area (Å²) < 4.78 is 5.67. The lowest BCUT2D eigenvalue weighted by Crippen LogP contribution is -2.32. The van der Waals surface area contributed by atoms with Crippen molar-refractivity contribution in [3.63, 3.8) is 0 Å². The number of likely N-dealkylation sites (tertiary alicyclic amines) is 1. The first-order valence-electron chi connectivity index (χ1n) is 8.71. The highest BCUT2D eigenvalue weighted by molar-refractivity contribution is 5.78. The molecule has 4 rings (SSSR count). The summed E-state index contributed by atoms with van der Waals surface area (Å²) in [5, 5.41) is 6.76. The average molecular weight is 348 g/mol. The van der Waals surface area contributed by atoms with E-state index in [-0.39, 0.29) is 18.4 Å². The average Bonchev–Trinajstić information content (AvgIpc) is 3.39. The minimum Gasteiger partial charge on any atom is -0.484 e. The molecule has 0 bridgehead atoms. The van der Waals surface area contributed by atoms with E-state index < -0.39 is 0 Å². The van der Waals surface area contributed by atoms with Gasteiger partial charge < -0.3 is 9.64 Å². The van der Waals surface area contributed by atoms with Crippen LogP contribution in [-0.4, -0.2) is 45.7 Å². The van der Waals surface area contributed by atoms with E-state index in [0.717, 1.165) is 29.9 Å². The molecule has 1 aliphatic heterocycles. The van der Waals surface area contributed by atoms with Crippen LogP contribution in [0.4, 0.5) is 0 Å². The van der Waals surface area contributed by atoms with Crippen molar-refractivity contribution in [2.45, 2.75) is 12.3 Å². The number of amides is 1. The van der Waals surface area contributed by atoms with E-state index in [1.807, 2.05) is 47.4 Å². The molecule has 1 fully saturated rings. The zero-order chi connectivity index (χ0) is 17.8. The molecule has 2 heterocycles. The molecule has 6 nitrogen and oxygen atoms in total. The van der Waals surface area contributed by atoms with Crippen molar-refractivity contribution in [1.29, 1.82) is 0 Å². The number of rotatable bonds is 5. The molecule has 1 unspecified atom stereocenters. The Morgan fingerprint density at radius 3 is 2.62 bits per heavy atom. The topological polar surface area (TPSA) is 71.1 Å². The number of aromatic nitrogens is 3. The summed E-state index contributed by atoms with van der Waals surface area (Å²) in [4.78, 5) is 18.4. The zero-order valence-corrected chi connectivity index (χ0v) is 14.3. The van der Waals surface area contributed by atoms with E-state index in [4.69, 9.17) is 4.74 Å². The molecule has 3 aromatic rings. The highest BCUT2D eigenvalue weighted by Gasteiger charge is 2.29. The van der Waals surface area contributed by atoms with Gasteiger partial charge in [-0.15, -0.1) is 0 Å². The van der Waals surface area contributed by atoms with Gasteiger partial charge in [0.25, 0.3) is 5.91 Å². The summed E-state index contributed by atoms with van der Waals surface area (Å²) in [5.74, 6) is 1.77. The molecule has 2 aromatic carbocycles. The van der Waals surface area contributed by atoms with Crippen LogP contribution in [-0.2, 0) is 4.79 Å². The highest BCUT2D eigenvalue weighted by atomic mass is 16.5. The second-order valence-electron chi connectivity index (χ2n) is 6.38. The van der Waals surface area contributed by atoms with Crippen LogP contribution in [0.5, 0.6) is 5.75 Å². The highest BCUT2D eigenvalue weighted by Crippen LogP contribution is 2.25. The molecule has 0 aliphatic carbocycles. The molecule has 1 N–H and O–H groups in total. The number of benzene rings is 2. The molecule has 6 heteroatoms. The van der Waals surface area contributed by atoms with Gasteiger partial charge in [-0.2, -0.15) is 5.10 Å². The van der Waals surface area contributed by atoms with Gasteiger partial charge in [-0.3, -0.25) is 9.89 Å². The van der Waals surface area contributed by atoms with Gasteiger partial charge >= 0.3 is 0 Å². The SMILES string of the molecule is O=C(COc1ccc(-c2ccccc2)cc1)N1CCC(c2ncn[nH]2)C1. The lowest BCUT2D eigenvalue weighted by molar-refractivity contribution is -0.132. The fourth-order valence-electron chi connectivity index (χ4n) is 3.23. The standard InChI is InChI=1S/C20H20N4O2/c25-19(24-11-10-17(12-24)20-21-14-22-23-20)13-26-18-8-6-16(7-9-18)15-4-2-1-3-5-15/h1-9,14,17H,10-13H2,(H,21,22,23). The maximum Gasteiger partial charge on any atom is 0.260 e. The second-order valence-corrected chi connectivity index (χ2v) is 6.38. The van der Waals surface area contributed by atoms with Gasteiger partial charge in [0.2, 0.25) is 0 Å². The number of hydrogen-bond donors (Lipinski definition) is 1. The molecule has 0 saturated carbocycles. The van der Waals surface area contributed by atoms with E-state index >= 15 is 0 Å². The van der Waals surface area contributed by atoms with Gasteiger partial charge in [0, 0.05) is 19.0 Å². The Balaban J connectivity index is 1.31. The first-order valence-corrected chi connectivity index (χ1v) is 8.71. The predicted octanol–water partition coefficient (Wildman–Crippen LogP) is 2.87. The van der Waals surface area contributed by atoms with E-state index in [0.29, 0.717) is 12.3 Å². The quantitative estimate of drug-likeness (QED) is 0.770. The lowest BCUT2D eigenvalue weighted by atomic mass is 10.1. The summed E-state index contributed by atoms with van der Waals surface area (Å²) in [6, 6.07) is 18.0. The van der Waals surface area contributed by atoms with E-state index in [1.165, 1.54) is 6.33 Å². The number of aromatic amines is 1. The Hall–Kier alpha value is -3.15. The third-order valence-electron chi connectivity index (χ3n) is 4.69. The van der Waals surface area contributed by atoms with Gasteiger partial charge in [-0.05, 0) is 29.7 Å². The molecule has 1 amide bonds. The monoisotopic (exact) mass is 348 g/mol. The third-order valence-corrected chi connectivity index (χ3v) is 4.69. The molecule has 0 spiro atoms. The van der Waals surface area contributed by atoms with E-state index in [2.05, 4.69) is 27.3 Å². The maximum absolute atomic E-state index is 12.4. The van der Waals surface area contributed by atoms with Crippen LogP contribution in [0.3, 0.4) is 0 Å². The maximum atomic E-state index is 12.4. The van der Waals surface area contributed by atoms with Gasteiger partial charge in [0.15, 0.2) is 6.61 Å². The van der Waals surface area contributed by atoms with Crippen LogP contribution in [0.2, 0.25) is 0 Å². The number of ether oxygens (including phenoxy) is 1. The van der Waals surface area contributed by atoms with Gasteiger partial charge in [-0.25, -0.2) is 4.98 Å². The zero-order valence-electron chi connectivity index (χ0n) is 14.3. The fourth-order valence-corrected chi connectivity index (χ4v) is 3.23. The van der Waals surface area contributed by atoms with Crippen molar-refractivity contribution < 1.29 is 9.53 Å². The Morgan fingerprint density at radius 2 is 1.88 bits per heavy atom. The summed E-state index contributed by atoms with van der Waals surface area (Å²) >= 11 is 0.